The Bertz CT molecular complexity index is 373. The van der Waals surface area contributed by atoms with Crippen molar-refractivity contribution in [3.05, 3.63) is 17.7 Å². The molecule has 2 rings (SSSR count). The van der Waals surface area contributed by atoms with E-state index in [4.69, 9.17) is 5.11 Å². The summed E-state index contributed by atoms with van der Waals surface area (Å²) < 4.78 is 1.94. The second kappa shape index (κ2) is 4.02. The van der Waals surface area contributed by atoms with Crippen molar-refractivity contribution in [2.45, 2.75) is 38.3 Å². The number of aliphatic hydroxyl groups excluding tert-OH is 1. The number of aliphatic carboxylic acids is 1. The van der Waals surface area contributed by atoms with Crippen molar-refractivity contribution < 1.29 is 15.0 Å². The van der Waals surface area contributed by atoms with Gasteiger partial charge in [0.2, 0.25) is 0 Å². The second-order valence-electron chi connectivity index (χ2n) is 3.81. The van der Waals surface area contributed by atoms with Gasteiger partial charge in [0.15, 0.2) is 0 Å². The van der Waals surface area contributed by atoms with Crippen molar-refractivity contribution in [2.24, 2.45) is 0 Å². The molecule has 2 N–H and O–H groups in total. The number of hydrogen-bond donors (Lipinski definition) is 2. The first kappa shape index (κ1) is 10.2. The molecule has 0 saturated heterocycles. The van der Waals surface area contributed by atoms with Crippen LogP contribution >= 0.6 is 0 Å². The van der Waals surface area contributed by atoms with Crippen molar-refractivity contribution in [1.29, 1.82) is 0 Å². The molecule has 1 atom stereocenters. The zero-order valence-corrected chi connectivity index (χ0v) is 8.39. The Hall–Kier alpha value is -1.36. The van der Waals surface area contributed by atoms with Gasteiger partial charge in [0, 0.05) is 18.4 Å². The van der Waals surface area contributed by atoms with E-state index in [9.17, 15) is 9.90 Å². The fourth-order valence-electron chi connectivity index (χ4n) is 1.96. The largest absolute Gasteiger partial charge is 0.481 e. The number of rotatable bonds is 3. The minimum atomic E-state index is -0.804. The van der Waals surface area contributed by atoms with Gasteiger partial charge in [-0.1, -0.05) is 0 Å². The van der Waals surface area contributed by atoms with Gasteiger partial charge >= 0.3 is 5.97 Å². The molecule has 0 spiro atoms. The molecule has 0 bridgehead atoms. The van der Waals surface area contributed by atoms with E-state index < -0.39 is 12.1 Å². The Balaban J connectivity index is 2.16. The summed E-state index contributed by atoms with van der Waals surface area (Å²) in [7, 11) is 0. The third kappa shape index (κ3) is 2.02. The molecule has 1 aromatic rings. The summed E-state index contributed by atoms with van der Waals surface area (Å²) in [6, 6.07) is 0. The predicted octanol–water partition coefficient (Wildman–Crippen LogP) is 0.728. The van der Waals surface area contributed by atoms with E-state index in [1.54, 1.807) is 6.20 Å². The first-order chi connectivity index (χ1) is 7.18. The number of aryl methyl sites for hydroxylation is 1. The molecule has 82 valence electrons. The molecule has 1 aromatic heterocycles. The Kier molecular flexibility index (Phi) is 2.73. The predicted molar refractivity (Wildman–Crippen MR) is 52.4 cm³/mol. The number of carbonyl (C=O) groups is 1. The summed E-state index contributed by atoms with van der Waals surface area (Å²) in [5.74, 6) is -0.122. The number of carboxylic acids is 1. The number of aliphatic hydroxyl groups is 1. The van der Waals surface area contributed by atoms with Crippen LogP contribution in [-0.4, -0.2) is 25.7 Å². The fourth-order valence-corrected chi connectivity index (χ4v) is 1.96. The zero-order chi connectivity index (χ0) is 10.8. The number of aromatic nitrogens is 2. The molecule has 0 saturated carbocycles. The van der Waals surface area contributed by atoms with Gasteiger partial charge in [-0.15, -0.1) is 0 Å². The van der Waals surface area contributed by atoms with Crippen LogP contribution in [0.15, 0.2) is 6.20 Å². The van der Waals surface area contributed by atoms with E-state index in [0.717, 1.165) is 25.1 Å². The summed E-state index contributed by atoms with van der Waals surface area (Å²) in [5.41, 5.74) is 0.908. The first-order valence-electron chi connectivity index (χ1n) is 5.12. The van der Waals surface area contributed by atoms with Crippen LogP contribution in [0.2, 0.25) is 0 Å². The van der Waals surface area contributed by atoms with Gasteiger partial charge in [-0.05, 0) is 19.3 Å². The molecule has 0 radical (unpaired) electrons. The van der Waals surface area contributed by atoms with E-state index in [1.165, 1.54) is 0 Å². The highest BCUT2D eigenvalue weighted by Crippen LogP contribution is 2.25. The first-order valence-corrected chi connectivity index (χ1v) is 5.12. The summed E-state index contributed by atoms with van der Waals surface area (Å²) in [6.07, 6.45) is 3.45. The Morgan fingerprint density at radius 3 is 3.20 bits per heavy atom. The Labute approximate surface area is 87.4 Å². The van der Waals surface area contributed by atoms with Crippen LogP contribution in [0.3, 0.4) is 0 Å². The molecule has 0 amide bonds. The van der Waals surface area contributed by atoms with Crippen molar-refractivity contribution in [3.8, 4) is 0 Å². The number of hydrogen-bond acceptors (Lipinski definition) is 3. The SMILES string of the molecule is O=C(O)CCc1cnc2n1CCCC2O. The highest BCUT2D eigenvalue weighted by atomic mass is 16.4. The molecular weight excluding hydrogens is 196 g/mol. The lowest BCUT2D eigenvalue weighted by Gasteiger charge is -2.20. The van der Waals surface area contributed by atoms with Crippen LogP contribution in [0.25, 0.3) is 0 Å². The average molecular weight is 210 g/mol. The van der Waals surface area contributed by atoms with Crippen molar-refractivity contribution in [2.75, 3.05) is 0 Å². The maximum absolute atomic E-state index is 10.4. The lowest BCUT2D eigenvalue weighted by molar-refractivity contribution is -0.136. The lowest BCUT2D eigenvalue weighted by Crippen LogP contribution is -2.17. The summed E-state index contributed by atoms with van der Waals surface area (Å²) in [4.78, 5) is 14.6. The number of nitrogens with zero attached hydrogens (tertiary/aromatic N) is 2. The Morgan fingerprint density at radius 2 is 2.47 bits per heavy atom. The molecule has 1 unspecified atom stereocenters. The average Bonchev–Trinajstić information content (AvgIpc) is 2.59. The summed E-state index contributed by atoms with van der Waals surface area (Å²) >= 11 is 0. The van der Waals surface area contributed by atoms with Crippen LogP contribution in [0.1, 0.15) is 36.9 Å². The minimum absolute atomic E-state index is 0.112. The quantitative estimate of drug-likeness (QED) is 0.771. The van der Waals surface area contributed by atoms with Gasteiger partial charge in [-0.25, -0.2) is 4.98 Å². The number of fused-ring (bicyclic) bond motifs is 1. The van der Waals surface area contributed by atoms with Crippen LogP contribution in [0.5, 0.6) is 0 Å². The maximum atomic E-state index is 10.4. The van der Waals surface area contributed by atoms with Crippen molar-refractivity contribution in [1.82, 2.24) is 9.55 Å². The van der Waals surface area contributed by atoms with E-state index in [0.29, 0.717) is 12.2 Å². The smallest absolute Gasteiger partial charge is 0.303 e. The van der Waals surface area contributed by atoms with E-state index in [-0.39, 0.29) is 6.42 Å². The summed E-state index contributed by atoms with van der Waals surface area (Å²) in [5, 5.41) is 18.2. The maximum Gasteiger partial charge on any atom is 0.303 e. The fraction of sp³-hybridized carbons (Fsp3) is 0.600. The molecule has 2 heterocycles. The normalized spacial score (nSPS) is 19.9. The highest BCUT2D eigenvalue weighted by Gasteiger charge is 2.21. The van der Waals surface area contributed by atoms with Gasteiger partial charge < -0.3 is 14.8 Å². The topological polar surface area (TPSA) is 75.3 Å². The van der Waals surface area contributed by atoms with E-state index >= 15 is 0 Å². The van der Waals surface area contributed by atoms with Gasteiger partial charge in [-0.3, -0.25) is 4.79 Å². The second-order valence-corrected chi connectivity index (χ2v) is 3.81. The minimum Gasteiger partial charge on any atom is -0.481 e. The standard InChI is InChI=1S/C10H14N2O3/c13-8-2-1-5-12-7(3-4-9(14)15)6-11-10(8)12/h6,8,13H,1-5H2,(H,14,15). The lowest BCUT2D eigenvalue weighted by atomic mass is 10.1. The molecule has 5 heteroatoms. The van der Waals surface area contributed by atoms with Crippen LogP contribution in [0.4, 0.5) is 0 Å². The third-order valence-electron chi connectivity index (χ3n) is 2.72. The monoisotopic (exact) mass is 210 g/mol. The van der Waals surface area contributed by atoms with E-state index in [2.05, 4.69) is 4.98 Å². The highest BCUT2D eigenvalue weighted by molar-refractivity contribution is 5.66. The molecule has 1 aliphatic heterocycles. The number of imidazole rings is 1. The molecular formula is C10H14N2O3. The van der Waals surface area contributed by atoms with Crippen LogP contribution < -0.4 is 0 Å². The van der Waals surface area contributed by atoms with Crippen LogP contribution in [-0.2, 0) is 17.8 Å². The van der Waals surface area contributed by atoms with E-state index in [1.807, 2.05) is 4.57 Å². The van der Waals surface area contributed by atoms with Crippen molar-refractivity contribution >= 4 is 5.97 Å². The third-order valence-corrected chi connectivity index (χ3v) is 2.72. The van der Waals surface area contributed by atoms with Gasteiger partial charge in [0.25, 0.3) is 0 Å². The molecule has 0 fully saturated rings. The molecule has 15 heavy (non-hydrogen) atoms. The van der Waals surface area contributed by atoms with Gasteiger partial charge in [-0.2, -0.15) is 0 Å². The molecule has 0 aliphatic carbocycles. The summed E-state index contributed by atoms with van der Waals surface area (Å²) in [6.45, 7) is 0.835. The molecule has 0 aromatic carbocycles. The van der Waals surface area contributed by atoms with Crippen molar-refractivity contribution in [3.63, 3.8) is 0 Å². The number of carboxylic acid groups (broad SMARTS) is 1. The van der Waals surface area contributed by atoms with Gasteiger partial charge in [0.1, 0.15) is 11.9 Å². The molecule has 1 aliphatic rings. The zero-order valence-electron chi connectivity index (χ0n) is 8.39. The van der Waals surface area contributed by atoms with Gasteiger partial charge in [0.05, 0.1) is 6.42 Å². The Morgan fingerprint density at radius 1 is 1.67 bits per heavy atom. The molecule has 5 nitrogen and oxygen atoms in total. The van der Waals surface area contributed by atoms with Crippen LogP contribution in [0, 0.1) is 0 Å².